The molecule has 1 aliphatic rings. The van der Waals surface area contributed by atoms with Crippen molar-refractivity contribution in [1.29, 1.82) is 0 Å². The quantitative estimate of drug-likeness (QED) is 0.497. The highest BCUT2D eigenvalue weighted by Crippen LogP contribution is 2.40. The smallest absolute Gasteiger partial charge is 0.294 e. The molecule has 7 heteroatoms. The molecule has 2 aromatic heterocycles. The fourth-order valence-corrected chi connectivity index (χ4v) is 3.71. The summed E-state index contributed by atoms with van der Waals surface area (Å²) in [5.41, 5.74) is 3.71. The number of benzene rings is 2. The molecule has 5 rings (SSSR count). The second-order valence-corrected chi connectivity index (χ2v) is 6.80. The number of nitrogens with one attached hydrogen (secondary N) is 1. The van der Waals surface area contributed by atoms with E-state index in [2.05, 4.69) is 15.0 Å². The largest absolute Gasteiger partial charge is 0.506 e. The van der Waals surface area contributed by atoms with Gasteiger partial charge in [-0.05, 0) is 37.3 Å². The molecule has 4 aromatic rings. The molecule has 0 aliphatic carbocycles. The summed E-state index contributed by atoms with van der Waals surface area (Å²) in [6, 6.07) is 13.7. The monoisotopic (exact) mass is 372 g/mol. The number of pyridine rings is 1. The van der Waals surface area contributed by atoms with E-state index in [-0.39, 0.29) is 11.5 Å². The molecule has 0 saturated heterocycles. The van der Waals surface area contributed by atoms with Crippen LogP contribution >= 0.6 is 0 Å². The van der Waals surface area contributed by atoms with Crippen LogP contribution in [0.2, 0.25) is 0 Å². The zero-order valence-corrected chi connectivity index (χ0v) is 14.9. The average molecular weight is 372 g/mol. The summed E-state index contributed by atoms with van der Waals surface area (Å²) in [7, 11) is 0. The van der Waals surface area contributed by atoms with Gasteiger partial charge in [-0.2, -0.15) is 0 Å². The number of aromatic nitrogens is 3. The number of phenols is 1. The van der Waals surface area contributed by atoms with Crippen LogP contribution in [-0.4, -0.2) is 31.1 Å². The van der Waals surface area contributed by atoms with Gasteiger partial charge in [-0.25, -0.2) is 9.97 Å². The van der Waals surface area contributed by atoms with Crippen LogP contribution < -0.4 is 4.90 Å². The van der Waals surface area contributed by atoms with Crippen molar-refractivity contribution < 1.29 is 15.0 Å². The Morgan fingerprint density at radius 2 is 1.96 bits per heavy atom. The van der Waals surface area contributed by atoms with Crippen LogP contribution in [0.4, 0.5) is 5.69 Å². The van der Waals surface area contributed by atoms with Crippen LogP contribution in [0.15, 0.2) is 66.2 Å². The average Bonchev–Trinajstić information content (AvgIpc) is 3.26. The van der Waals surface area contributed by atoms with Gasteiger partial charge in [-0.1, -0.05) is 18.2 Å². The van der Waals surface area contributed by atoms with Crippen LogP contribution in [0.25, 0.3) is 21.9 Å². The standard InChI is InChI=1S/C21H16N4O3/c1-11-19(15-7-5-12-3-2-4-17(26)18(12)24-15)25(21(28)20(11)27)13-6-8-14-16(9-13)23-10-22-14/h2-10,19,26-27H,1H3,(H,22,23). The summed E-state index contributed by atoms with van der Waals surface area (Å²) in [5.74, 6) is -0.707. The molecule has 2 aromatic carbocycles. The summed E-state index contributed by atoms with van der Waals surface area (Å²) in [4.78, 5) is 26.2. The predicted octanol–water partition coefficient (Wildman–Crippen LogP) is 3.74. The van der Waals surface area contributed by atoms with Crippen molar-refractivity contribution in [2.24, 2.45) is 0 Å². The molecular weight excluding hydrogens is 356 g/mol. The van der Waals surface area contributed by atoms with Crippen LogP contribution in [0.5, 0.6) is 5.75 Å². The molecule has 0 bridgehead atoms. The number of nitrogens with zero attached hydrogens (tertiary/aromatic N) is 3. The molecule has 7 nitrogen and oxygen atoms in total. The number of anilines is 1. The SMILES string of the molecule is CC1=C(O)C(=O)N(c2ccc3[nH]cnc3c2)C1c1ccc2cccc(O)c2n1. The second-order valence-electron chi connectivity index (χ2n) is 6.80. The third kappa shape index (κ3) is 2.26. The maximum absolute atomic E-state index is 12.8. The molecule has 0 spiro atoms. The highest BCUT2D eigenvalue weighted by Gasteiger charge is 2.40. The van der Waals surface area contributed by atoms with E-state index in [1.54, 1.807) is 37.5 Å². The lowest BCUT2D eigenvalue weighted by atomic mass is 10.0. The lowest BCUT2D eigenvalue weighted by Crippen LogP contribution is -2.30. The number of imidazole rings is 1. The fraction of sp³-hybridized carbons (Fsp3) is 0.0952. The molecule has 3 heterocycles. The Morgan fingerprint density at radius 3 is 2.82 bits per heavy atom. The minimum absolute atomic E-state index is 0.0685. The molecule has 28 heavy (non-hydrogen) atoms. The van der Waals surface area contributed by atoms with E-state index in [4.69, 9.17) is 0 Å². The van der Waals surface area contributed by atoms with Gasteiger partial charge in [0.1, 0.15) is 17.3 Å². The van der Waals surface area contributed by atoms with E-state index in [9.17, 15) is 15.0 Å². The lowest BCUT2D eigenvalue weighted by molar-refractivity contribution is -0.117. The number of carbonyl (C=O) groups is 1. The first-order valence-electron chi connectivity index (χ1n) is 8.79. The van der Waals surface area contributed by atoms with E-state index in [0.29, 0.717) is 22.5 Å². The first-order valence-corrected chi connectivity index (χ1v) is 8.79. The molecule has 1 aliphatic heterocycles. The Morgan fingerprint density at radius 1 is 1.11 bits per heavy atom. The fourth-order valence-electron chi connectivity index (χ4n) is 3.71. The molecule has 0 saturated carbocycles. The zero-order valence-electron chi connectivity index (χ0n) is 14.9. The lowest BCUT2D eigenvalue weighted by Gasteiger charge is -2.26. The highest BCUT2D eigenvalue weighted by atomic mass is 16.3. The number of hydrogen-bond donors (Lipinski definition) is 3. The zero-order chi connectivity index (χ0) is 19.4. The summed E-state index contributed by atoms with van der Waals surface area (Å²) >= 11 is 0. The number of fused-ring (bicyclic) bond motifs is 2. The van der Waals surface area contributed by atoms with Crippen molar-refractivity contribution >= 4 is 33.5 Å². The summed E-state index contributed by atoms with van der Waals surface area (Å²) in [6.45, 7) is 1.71. The second kappa shape index (κ2) is 5.82. The van der Waals surface area contributed by atoms with Gasteiger partial charge < -0.3 is 15.2 Å². The molecule has 3 N–H and O–H groups in total. The summed E-state index contributed by atoms with van der Waals surface area (Å²) in [6.07, 6.45) is 1.59. The summed E-state index contributed by atoms with van der Waals surface area (Å²) in [5, 5.41) is 21.3. The maximum atomic E-state index is 12.8. The van der Waals surface area contributed by atoms with Crippen molar-refractivity contribution in [3.63, 3.8) is 0 Å². The number of phenolic OH excluding ortho intramolecular Hbond substituents is 1. The minimum atomic E-state index is -0.576. The van der Waals surface area contributed by atoms with E-state index in [0.717, 1.165) is 16.4 Å². The Hall–Kier alpha value is -3.87. The molecule has 1 atom stereocenters. The molecule has 0 radical (unpaired) electrons. The van der Waals surface area contributed by atoms with Gasteiger partial charge in [-0.3, -0.25) is 9.69 Å². The van der Waals surface area contributed by atoms with Crippen molar-refractivity contribution in [3.8, 4) is 5.75 Å². The van der Waals surface area contributed by atoms with Crippen molar-refractivity contribution in [1.82, 2.24) is 15.0 Å². The number of aliphatic hydroxyl groups is 1. The number of rotatable bonds is 2. The van der Waals surface area contributed by atoms with Crippen LogP contribution in [0.3, 0.4) is 0 Å². The number of hydrogen-bond acceptors (Lipinski definition) is 5. The van der Waals surface area contributed by atoms with Crippen LogP contribution in [0.1, 0.15) is 18.7 Å². The number of amides is 1. The van der Waals surface area contributed by atoms with E-state index in [1.807, 2.05) is 24.3 Å². The van der Waals surface area contributed by atoms with Crippen LogP contribution in [-0.2, 0) is 4.79 Å². The topological polar surface area (TPSA) is 102 Å². The van der Waals surface area contributed by atoms with Crippen molar-refractivity contribution in [3.05, 3.63) is 71.9 Å². The Kier molecular flexibility index (Phi) is 3.39. The van der Waals surface area contributed by atoms with E-state index in [1.165, 1.54) is 4.90 Å². The van der Waals surface area contributed by atoms with Gasteiger partial charge >= 0.3 is 0 Å². The number of aliphatic hydroxyl groups excluding tert-OH is 1. The van der Waals surface area contributed by atoms with Crippen LogP contribution in [0, 0.1) is 0 Å². The highest BCUT2D eigenvalue weighted by molar-refractivity contribution is 6.09. The van der Waals surface area contributed by atoms with Crippen molar-refractivity contribution in [2.75, 3.05) is 4.90 Å². The van der Waals surface area contributed by atoms with Gasteiger partial charge in [0, 0.05) is 16.6 Å². The van der Waals surface area contributed by atoms with E-state index >= 15 is 0 Å². The number of para-hydroxylation sites is 1. The van der Waals surface area contributed by atoms with E-state index < -0.39 is 11.9 Å². The number of carbonyl (C=O) groups excluding carboxylic acids is 1. The Balaban J connectivity index is 1.68. The first kappa shape index (κ1) is 16.3. The molecule has 1 amide bonds. The Labute approximate surface area is 159 Å². The molecule has 1 unspecified atom stereocenters. The van der Waals surface area contributed by atoms with Gasteiger partial charge in [0.15, 0.2) is 5.76 Å². The van der Waals surface area contributed by atoms with Gasteiger partial charge in [0.25, 0.3) is 5.91 Å². The molecule has 0 fully saturated rings. The van der Waals surface area contributed by atoms with Gasteiger partial charge in [0.2, 0.25) is 0 Å². The number of aromatic amines is 1. The van der Waals surface area contributed by atoms with Gasteiger partial charge in [-0.15, -0.1) is 0 Å². The number of aromatic hydroxyl groups is 1. The predicted molar refractivity (Wildman–Crippen MR) is 105 cm³/mol. The third-order valence-electron chi connectivity index (χ3n) is 5.15. The Bertz CT molecular complexity index is 1290. The maximum Gasteiger partial charge on any atom is 0.294 e. The van der Waals surface area contributed by atoms with Gasteiger partial charge in [0.05, 0.1) is 23.1 Å². The first-order chi connectivity index (χ1) is 13.5. The third-order valence-corrected chi connectivity index (χ3v) is 5.15. The number of H-pyrrole nitrogens is 1. The molecule has 138 valence electrons. The summed E-state index contributed by atoms with van der Waals surface area (Å²) < 4.78 is 0. The molecular formula is C21H16N4O3. The van der Waals surface area contributed by atoms with Crippen molar-refractivity contribution in [2.45, 2.75) is 13.0 Å². The normalized spacial score (nSPS) is 17.2. The minimum Gasteiger partial charge on any atom is -0.506 e.